The van der Waals surface area contributed by atoms with Crippen LogP contribution in [0.3, 0.4) is 0 Å². The van der Waals surface area contributed by atoms with Crippen LogP contribution < -0.4 is 9.47 Å². The van der Waals surface area contributed by atoms with Crippen molar-refractivity contribution in [1.82, 2.24) is 0 Å². The zero-order valence-electron chi connectivity index (χ0n) is 19.9. The van der Waals surface area contributed by atoms with Gasteiger partial charge in [-0.2, -0.15) is 0 Å². The fourth-order valence-electron chi connectivity index (χ4n) is 3.58. The number of carbonyl (C=O) groups excluding carboxylic acids is 1. The van der Waals surface area contributed by atoms with Gasteiger partial charge in [-0.05, 0) is 12.1 Å². The van der Waals surface area contributed by atoms with Gasteiger partial charge in [0.05, 0.1) is 23.1 Å². The number of rotatable bonds is 10. The van der Waals surface area contributed by atoms with Gasteiger partial charge >= 0.3 is 6.16 Å². The fraction of sp³-hybridized carbons (Fsp3) is 0.435. The molecule has 2 rings (SSSR count). The van der Waals surface area contributed by atoms with E-state index in [-0.39, 0.29) is 36.1 Å². The van der Waals surface area contributed by atoms with Gasteiger partial charge in [-0.1, -0.05) is 27.7 Å². The maximum absolute atomic E-state index is 12.7. The lowest BCUT2D eigenvalue weighted by Gasteiger charge is -2.27. The van der Waals surface area contributed by atoms with E-state index in [1.807, 2.05) is 0 Å². The van der Waals surface area contributed by atoms with Gasteiger partial charge in [-0.15, -0.1) is 0 Å². The Kier molecular flexibility index (Phi) is 8.30. The summed E-state index contributed by atoms with van der Waals surface area (Å²) in [7, 11) is 2.98. The standard InChI is InChI=1S/C23H28N2O9/c1-22(2,13-31-5)17-11-15(24(27)28)7-9-19(17)33-21(26)34-20-10-8-16(25(29)30)12-18(20)23(3,4)14-32-6/h7-12H,13-14H2,1-6H3. The first-order valence-corrected chi connectivity index (χ1v) is 10.3. The predicted octanol–water partition coefficient (Wildman–Crippen LogP) is 4.93. The molecule has 0 aliphatic carbocycles. The summed E-state index contributed by atoms with van der Waals surface area (Å²) in [6, 6.07) is 7.71. The quantitative estimate of drug-likeness (QED) is 0.202. The summed E-state index contributed by atoms with van der Waals surface area (Å²) >= 11 is 0. The smallest absolute Gasteiger partial charge is 0.394 e. The van der Waals surface area contributed by atoms with Crippen molar-refractivity contribution >= 4 is 17.5 Å². The van der Waals surface area contributed by atoms with E-state index in [0.717, 1.165) is 0 Å². The van der Waals surface area contributed by atoms with E-state index in [1.165, 1.54) is 50.6 Å². The second-order valence-electron chi connectivity index (χ2n) is 8.96. The average molecular weight is 476 g/mol. The van der Waals surface area contributed by atoms with Crippen LogP contribution in [0.2, 0.25) is 0 Å². The summed E-state index contributed by atoms with van der Waals surface area (Å²) in [6.07, 6.45) is -1.10. The monoisotopic (exact) mass is 476 g/mol. The topological polar surface area (TPSA) is 140 Å². The Hall–Kier alpha value is -3.57. The molecule has 0 saturated carbocycles. The fourth-order valence-corrected chi connectivity index (χ4v) is 3.58. The Balaban J connectivity index is 2.43. The zero-order valence-corrected chi connectivity index (χ0v) is 19.9. The molecule has 0 aliphatic heterocycles. The number of benzene rings is 2. The minimum absolute atomic E-state index is 0.0669. The Labute approximate surface area is 196 Å². The van der Waals surface area contributed by atoms with E-state index in [4.69, 9.17) is 18.9 Å². The number of nitrogens with zero attached hydrogens (tertiary/aromatic N) is 2. The number of non-ortho nitro benzene ring substituents is 2. The third-order valence-electron chi connectivity index (χ3n) is 5.20. The highest BCUT2D eigenvalue weighted by Crippen LogP contribution is 2.37. The third kappa shape index (κ3) is 6.27. The summed E-state index contributed by atoms with van der Waals surface area (Å²) in [5.74, 6) is 0.134. The molecule has 0 aromatic heterocycles. The summed E-state index contributed by atoms with van der Waals surface area (Å²) in [4.78, 5) is 34.1. The molecule has 11 heteroatoms. The molecule has 0 N–H and O–H groups in total. The highest BCUT2D eigenvalue weighted by molar-refractivity contribution is 5.69. The number of methoxy groups -OCH3 is 2. The number of hydrogen-bond donors (Lipinski definition) is 0. The lowest BCUT2D eigenvalue weighted by atomic mass is 9.84. The second-order valence-corrected chi connectivity index (χ2v) is 8.96. The third-order valence-corrected chi connectivity index (χ3v) is 5.20. The van der Waals surface area contributed by atoms with Crippen molar-refractivity contribution in [2.45, 2.75) is 38.5 Å². The zero-order chi connectivity index (χ0) is 25.7. The maximum atomic E-state index is 12.7. The molecule has 0 unspecified atom stereocenters. The molecule has 0 aliphatic rings. The van der Waals surface area contributed by atoms with Crippen molar-refractivity contribution in [1.29, 1.82) is 0 Å². The molecular formula is C23H28N2O9. The van der Waals surface area contributed by atoms with E-state index in [0.29, 0.717) is 11.1 Å². The van der Waals surface area contributed by atoms with Crippen LogP contribution in [0.4, 0.5) is 16.2 Å². The molecule has 0 bridgehead atoms. The van der Waals surface area contributed by atoms with Crippen LogP contribution in [0.5, 0.6) is 11.5 Å². The van der Waals surface area contributed by atoms with Crippen LogP contribution in [0.25, 0.3) is 0 Å². The molecule has 2 aromatic carbocycles. The minimum atomic E-state index is -1.10. The first-order chi connectivity index (χ1) is 15.8. The summed E-state index contributed by atoms with van der Waals surface area (Å²) in [6.45, 7) is 7.56. The van der Waals surface area contributed by atoms with Gasteiger partial charge in [0, 0.05) is 60.4 Å². The maximum Gasteiger partial charge on any atom is 0.519 e. The summed E-state index contributed by atoms with van der Waals surface area (Å²) in [5.41, 5.74) is -1.03. The molecule has 184 valence electrons. The Bertz CT molecular complexity index is 997. The van der Waals surface area contributed by atoms with Gasteiger partial charge in [-0.25, -0.2) is 4.79 Å². The normalized spacial score (nSPS) is 11.7. The molecule has 0 fully saturated rings. The van der Waals surface area contributed by atoms with Gasteiger partial charge in [0.15, 0.2) is 0 Å². The van der Waals surface area contributed by atoms with E-state index < -0.39 is 26.8 Å². The van der Waals surface area contributed by atoms with Crippen LogP contribution in [-0.4, -0.2) is 43.4 Å². The number of nitro benzene ring substituents is 2. The molecule has 0 radical (unpaired) electrons. The van der Waals surface area contributed by atoms with Crippen LogP contribution in [0, 0.1) is 20.2 Å². The Morgan fingerprint density at radius 3 is 1.41 bits per heavy atom. The number of hydrogen-bond acceptors (Lipinski definition) is 9. The largest absolute Gasteiger partial charge is 0.519 e. The van der Waals surface area contributed by atoms with E-state index in [1.54, 1.807) is 27.7 Å². The molecule has 2 aromatic rings. The van der Waals surface area contributed by atoms with Gasteiger partial charge in [0.2, 0.25) is 0 Å². The first-order valence-electron chi connectivity index (χ1n) is 10.3. The van der Waals surface area contributed by atoms with Crippen molar-refractivity contribution in [2.24, 2.45) is 0 Å². The van der Waals surface area contributed by atoms with E-state index >= 15 is 0 Å². The molecular weight excluding hydrogens is 448 g/mol. The van der Waals surface area contributed by atoms with Gasteiger partial charge < -0.3 is 18.9 Å². The molecule has 0 spiro atoms. The second kappa shape index (κ2) is 10.6. The van der Waals surface area contributed by atoms with E-state index in [9.17, 15) is 25.0 Å². The summed E-state index contributed by atoms with van der Waals surface area (Å²) < 4.78 is 21.3. The molecule has 0 heterocycles. The first kappa shape index (κ1) is 26.7. The lowest BCUT2D eigenvalue weighted by Crippen LogP contribution is -2.27. The van der Waals surface area contributed by atoms with Crippen LogP contribution in [0.15, 0.2) is 36.4 Å². The van der Waals surface area contributed by atoms with Crippen LogP contribution in [-0.2, 0) is 20.3 Å². The van der Waals surface area contributed by atoms with Crippen molar-refractivity contribution in [3.63, 3.8) is 0 Å². The molecule has 0 saturated heterocycles. The minimum Gasteiger partial charge on any atom is -0.394 e. The van der Waals surface area contributed by atoms with Gasteiger partial charge in [-0.3, -0.25) is 20.2 Å². The van der Waals surface area contributed by atoms with Crippen molar-refractivity contribution in [2.75, 3.05) is 27.4 Å². The van der Waals surface area contributed by atoms with Crippen LogP contribution in [0.1, 0.15) is 38.8 Å². The number of nitro groups is 2. The highest BCUT2D eigenvalue weighted by Gasteiger charge is 2.31. The Morgan fingerprint density at radius 2 is 1.12 bits per heavy atom. The van der Waals surface area contributed by atoms with Crippen molar-refractivity contribution in [3.8, 4) is 11.5 Å². The highest BCUT2D eigenvalue weighted by atomic mass is 16.7. The summed E-state index contributed by atoms with van der Waals surface area (Å²) in [5, 5.41) is 22.5. The average Bonchev–Trinajstić information content (AvgIpc) is 2.73. The number of carbonyl (C=O) groups is 1. The number of ether oxygens (including phenoxy) is 4. The van der Waals surface area contributed by atoms with Crippen molar-refractivity contribution in [3.05, 3.63) is 67.8 Å². The van der Waals surface area contributed by atoms with Crippen LogP contribution >= 0.6 is 0 Å². The molecule has 0 atom stereocenters. The van der Waals surface area contributed by atoms with Crippen molar-refractivity contribution < 1.29 is 33.6 Å². The predicted molar refractivity (Wildman–Crippen MR) is 123 cm³/mol. The molecule has 11 nitrogen and oxygen atoms in total. The van der Waals surface area contributed by atoms with E-state index in [2.05, 4.69) is 0 Å². The molecule has 0 amide bonds. The molecule has 34 heavy (non-hydrogen) atoms. The van der Waals surface area contributed by atoms with Gasteiger partial charge in [0.1, 0.15) is 11.5 Å². The SMILES string of the molecule is COCC(C)(C)c1cc([N+](=O)[O-])ccc1OC(=O)Oc1ccc([N+](=O)[O-])cc1C(C)(C)COC. The van der Waals surface area contributed by atoms with Gasteiger partial charge in [0.25, 0.3) is 11.4 Å². The Morgan fingerprint density at radius 1 is 0.765 bits per heavy atom. The lowest BCUT2D eigenvalue weighted by molar-refractivity contribution is -0.385.